The molecule has 1 aromatic heterocycles. The van der Waals surface area contributed by atoms with E-state index in [2.05, 4.69) is 38.6 Å². The quantitative estimate of drug-likeness (QED) is 0.859. The van der Waals surface area contributed by atoms with E-state index in [4.69, 9.17) is 0 Å². The molecule has 2 heterocycles. The lowest BCUT2D eigenvalue weighted by atomic mass is 9.90. The Balaban J connectivity index is 2.24. The van der Waals surface area contributed by atoms with Crippen molar-refractivity contribution in [1.29, 1.82) is 0 Å². The Hall–Kier alpha value is -0.880. The predicted molar refractivity (Wildman–Crippen MR) is 71.3 cm³/mol. The summed E-state index contributed by atoms with van der Waals surface area (Å²) >= 11 is 3.33. The molecule has 0 radical (unpaired) electrons. The van der Waals surface area contributed by atoms with Gasteiger partial charge < -0.3 is 10.6 Å². The molecule has 1 aliphatic heterocycles. The summed E-state index contributed by atoms with van der Waals surface area (Å²) in [6.07, 6.45) is 3.77. The lowest BCUT2D eigenvalue weighted by Crippen LogP contribution is -2.45. The van der Waals surface area contributed by atoms with Gasteiger partial charge in [0, 0.05) is 12.6 Å². The molecule has 0 unspecified atom stereocenters. The fourth-order valence-corrected chi connectivity index (χ4v) is 2.48. The van der Waals surface area contributed by atoms with Gasteiger partial charge in [0.05, 0.1) is 11.9 Å². The molecule has 0 atom stereocenters. The molecule has 1 fully saturated rings. The molecule has 0 spiro atoms. The van der Waals surface area contributed by atoms with Gasteiger partial charge in [0.15, 0.2) is 0 Å². The molecule has 0 aromatic carbocycles. The average Bonchev–Trinajstić information content (AvgIpc) is 2.31. The lowest BCUT2D eigenvalue weighted by Gasteiger charge is -2.36. The fraction of sp³-hybridized carbons (Fsp3) is 0.636. The monoisotopic (exact) mass is 300 g/mol. The largest absolute Gasteiger partial charge is 0.377 e. The molecule has 0 amide bonds. The maximum atomic E-state index is 11.7. The van der Waals surface area contributed by atoms with Crippen molar-refractivity contribution in [2.75, 3.05) is 18.4 Å². The number of anilines is 1. The number of nitrogens with zero attached hydrogens (tertiary/aromatic N) is 2. The Labute approximate surface area is 109 Å². The van der Waals surface area contributed by atoms with Gasteiger partial charge in [-0.1, -0.05) is 0 Å². The standard InChI is InChI=1S/C11H17BrN4O/c1-11(3-5-13-6-4-11)15-8-7-14-16(2)10(17)9(8)12/h7,13,15H,3-6H2,1-2H3. The number of hydrogen-bond donors (Lipinski definition) is 2. The number of halogens is 1. The zero-order chi connectivity index (χ0) is 12.5. The Bertz CT molecular complexity index is 465. The Morgan fingerprint density at radius 1 is 1.53 bits per heavy atom. The van der Waals surface area contributed by atoms with Gasteiger partial charge in [-0.2, -0.15) is 5.10 Å². The van der Waals surface area contributed by atoms with Crippen LogP contribution in [0.25, 0.3) is 0 Å². The molecule has 6 heteroatoms. The SMILES string of the molecule is Cn1ncc(NC2(C)CCNCC2)c(Br)c1=O. The summed E-state index contributed by atoms with van der Waals surface area (Å²) in [7, 11) is 1.64. The number of nitrogens with one attached hydrogen (secondary N) is 2. The fourth-order valence-electron chi connectivity index (χ4n) is 2.03. The minimum Gasteiger partial charge on any atom is -0.377 e. The van der Waals surface area contributed by atoms with Gasteiger partial charge in [-0.25, -0.2) is 4.68 Å². The topological polar surface area (TPSA) is 59.0 Å². The Morgan fingerprint density at radius 3 is 2.82 bits per heavy atom. The van der Waals surface area contributed by atoms with Crippen LogP contribution in [0.1, 0.15) is 19.8 Å². The zero-order valence-electron chi connectivity index (χ0n) is 10.1. The normalized spacial score (nSPS) is 19.0. The molecule has 1 saturated heterocycles. The molecule has 1 aromatic rings. The first-order chi connectivity index (χ1) is 8.02. The third kappa shape index (κ3) is 2.69. The summed E-state index contributed by atoms with van der Waals surface area (Å²) in [5.41, 5.74) is 0.687. The van der Waals surface area contributed by atoms with Gasteiger partial charge in [0.1, 0.15) is 4.47 Å². The maximum absolute atomic E-state index is 11.7. The summed E-state index contributed by atoms with van der Waals surface area (Å²) in [5, 5.41) is 10.8. The van der Waals surface area contributed by atoms with Crippen LogP contribution in [0.2, 0.25) is 0 Å². The summed E-state index contributed by atoms with van der Waals surface area (Å²) in [5.74, 6) is 0. The van der Waals surface area contributed by atoms with Crippen LogP contribution in [0.15, 0.2) is 15.5 Å². The van der Waals surface area contributed by atoms with Crippen molar-refractivity contribution in [3.05, 3.63) is 21.0 Å². The summed E-state index contributed by atoms with van der Waals surface area (Å²) < 4.78 is 1.87. The first kappa shape index (κ1) is 12.6. The van der Waals surface area contributed by atoms with E-state index in [1.165, 1.54) is 4.68 Å². The summed E-state index contributed by atoms with van der Waals surface area (Å²) in [6.45, 7) is 4.18. The van der Waals surface area contributed by atoms with Crippen molar-refractivity contribution in [1.82, 2.24) is 15.1 Å². The molecule has 0 saturated carbocycles. The van der Waals surface area contributed by atoms with Crippen LogP contribution in [0.5, 0.6) is 0 Å². The number of piperidine rings is 1. The predicted octanol–water partition coefficient (Wildman–Crippen LogP) is 1.10. The summed E-state index contributed by atoms with van der Waals surface area (Å²) in [4.78, 5) is 11.7. The van der Waals surface area contributed by atoms with Crippen LogP contribution in [-0.2, 0) is 7.05 Å². The minimum absolute atomic E-state index is 0.0296. The third-order valence-corrected chi connectivity index (χ3v) is 3.99. The van der Waals surface area contributed by atoms with Crippen molar-refractivity contribution in [3.8, 4) is 0 Å². The van der Waals surface area contributed by atoms with Gasteiger partial charge >= 0.3 is 0 Å². The van der Waals surface area contributed by atoms with E-state index >= 15 is 0 Å². The highest BCUT2D eigenvalue weighted by Crippen LogP contribution is 2.26. The number of aryl methyl sites for hydroxylation is 1. The molecule has 0 bridgehead atoms. The van der Waals surface area contributed by atoms with Gasteiger partial charge in [-0.3, -0.25) is 4.79 Å². The van der Waals surface area contributed by atoms with E-state index in [0.717, 1.165) is 31.6 Å². The van der Waals surface area contributed by atoms with Gasteiger partial charge in [0.25, 0.3) is 5.56 Å². The number of rotatable bonds is 2. The van der Waals surface area contributed by atoms with Crippen LogP contribution < -0.4 is 16.2 Å². The third-order valence-electron chi connectivity index (χ3n) is 3.22. The van der Waals surface area contributed by atoms with Crippen LogP contribution in [-0.4, -0.2) is 28.4 Å². The second-order valence-corrected chi connectivity index (χ2v) is 5.53. The van der Waals surface area contributed by atoms with Crippen molar-refractivity contribution in [3.63, 3.8) is 0 Å². The van der Waals surface area contributed by atoms with Crippen LogP contribution in [0.3, 0.4) is 0 Å². The van der Waals surface area contributed by atoms with E-state index in [0.29, 0.717) is 4.47 Å². The molecule has 5 nitrogen and oxygen atoms in total. The van der Waals surface area contributed by atoms with Gasteiger partial charge in [0.2, 0.25) is 0 Å². The Kier molecular flexibility index (Phi) is 3.53. The van der Waals surface area contributed by atoms with Gasteiger partial charge in [-0.05, 0) is 48.8 Å². The molecular weight excluding hydrogens is 284 g/mol. The van der Waals surface area contributed by atoms with Crippen molar-refractivity contribution >= 4 is 21.6 Å². The second-order valence-electron chi connectivity index (χ2n) is 4.74. The highest BCUT2D eigenvalue weighted by molar-refractivity contribution is 9.10. The number of hydrogen-bond acceptors (Lipinski definition) is 4. The van der Waals surface area contributed by atoms with Gasteiger partial charge in [-0.15, -0.1) is 0 Å². The van der Waals surface area contributed by atoms with Crippen molar-refractivity contribution in [2.45, 2.75) is 25.3 Å². The first-order valence-corrected chi connectivity index (χ1v) is 6.52. The van der Waals surface area contributed by atoms with Crippen LogP contribution in [0.4, 0.5) is 5.69 Å². The highest BCUT2D eigenvalue weighted by atomic mass is 79.9. The molecule has 2 N–H and O–H groups in total. The first-order valence-electron chi connectivity index (χ1n) is 5.73. The van der Waals surface area contributed by atoms with Crippen LogP contribution >= 0.6 is 15.9 Å². The van der Waals surface area contributed by atoms with E-state index in [1.54, 1.807) is 13.2 Å². The lowest BCUT2D eigenvalue weighted by molar-refractivity contribution is 0.365. The van der Waals surface area contributed by atoms with Crippen LogP contribution in [0, 0.1) is 0 Å². The maximum Gasteiger partial charge on any atom is 0.282 e. The molecule has 17 heavy (non-hydrogen) atoms. The zero-order valence-corrected chi connectivity index (χ0v) is 11.7. The molecule has 0 aliphatic carbocycles. The molecule has 2 rings (SSSR count). The van der Waals surface area contributed by atoms with E-state index in [1.807, 2.05) is 0 Å². The van der Waals surface area contributed by atoms with E-state index < -0.39 is 0 Å². The number of aromatic nitrogens is 2. The Morgan fingerprint density at radius 2 is 2.18 bits per heavy atom. The minimum atomic E-state index is -0.118. The summed E-state index contributed by atoms with van der Waals surface area (Å²) in [6, 6.07) is 0. The van der Waals surface area contributed by atoms with Crippen molar-refractivity contribution < 1.29 is 0 Å². The van der Waals surface area contributed by atoms with Crippen molar-refractivity contribution in [2.24, 2.45) is 7.05 Å². The molecule has 94 valence electrons. The van der Waals surface area contributed by atoms with E-state index in [-0.39, 0.29) is 11.1 Å². The smallest absolute Gasteiger partial charge is 0.282 e. The van der Waals surface area contributed by atoms with E-state index in [9.17, 15) is 4.79 Å². The highest BCUT2D eigenvalue weighted by Gasteiger charge is 2.27. The molecular formula is C11H17BrN4O. The average molecular weight is 301 g/mol. The molecule has 1 aliphatic rings. The second kappa shape index (κ2) is 4.78.